The molecule has 0 aromatic carbocycles. The van der Waals surface area contributed by atoms with E-state index in [1.165, 1.54) is 0 Å². The first-order valence-electron chi connectivity index (χ1n) is 6.34. The lowest BCUT2D eigenvalue weighted by molar-refractivity contribution is 0.0940. The van der Waals surface area contributed by atoms with Crippen LogP contribution in [0.4, 0.5) is 0 Å². The molecule has 3 heterocycles. The smallest absolute Gasteiger partial charge is 0.214 e. The van der Waals surface area contributed by atoms with Crippen LogP contribution in [-0.4, -0.2) is 65.9 Å². The van der Waals surface area contributed by atoms with Crippen molar-refractivity contribution in [3.63, 3.8) is 0 Å². The zero-order valence-electron chi connectivity index (χ0n) is 10.3. The predicted molar refractivity (Wildman–Crippen MR) is 67.7 cm³/mol. The molecule has 0 saturated carbocycles. The molecule has 2 aliphatic rings. The van der Waals surface area contributed by atoms with Crippen molar-refractivity contribution in [3.05, 3.63) is 18.5 Å². The maximum Gasteiger partial charge on any atom is 0.214 e. The molecule has 100 valence electrons. The van der Waals surface area contributed by atoms with Gasteiger partial charge in [-0.1, -0.05) is 0 Å². The van der Waals surface area contributed by atoms with Gasteiger partial charge < -0.3 is 0 Å². The molecule has 2 fully saturated rings. The SMILES string of the molecule is O=S1(=O)CCCN1CCN1CC(n2cccn2)C1. The Morgan fingerprint density at radius 2 is 2.11 bits per heavy atom. The van der Waals surface area contributed by atoms with Crippen LogP contribution in [0.1, 0.15) is 12.5 Å². The molecule has 0 aliphatic carbocycles. The van der Waals surface area contributed by atoms with Crippen molar-refractivity contribution in [1.82, 2.24) is 19.0 Å². The minimum Gasteiger partial charge on any atom is -0.298 e. The molecule has 6 nitrogen and oxygen atoms in total. The minimum absolute atomic E-state index is 0.322. The highest BCUT2D eigenvalue weighted by Crippen LogP contribution is 2.20. The van der Waals surface area contributed by atoms with Crippen LogP contribution in [0, 0.1) is 0 Å². The Kier molecular flexibility index (Phi) is 3.13. The van der Waals surface area contributed by atoms with Gasteiger partial charge in [0.05, 0.1) is 11.8 Å². The third-order valence-corrected chi connectivity index (χ3v) is 5.66. The Morgan fingerprint density at radius 3 is 2.72 bits per heavy atom. The molecule has 2 saturated heterocycles. The van der Waals surface area contributed by atoms with Crippen molar-refractivity contribution in [2.75, 3.05) is 38.5 Å². The van der Waals surface area contributed by atoms with E-state index >= 15 is 0 Å². The summed E-state index contributed by atoms with van der Waals surface area (Å²) in [4.78, 5) is 2.28. The lowest BCUT2D eigenvalue weighted by atomic mass is 10.1. The van der Waals surface area contributed by atoms with Gasteiger partial charge in [-0.3, -0.25) is 9.58 Å². The van der Waals surface area contributed by atoms with Crippen LogP contribution < -0.4 is 0 Å². The fourth-order valence-electron chi connectivity index (χ4n) is 2.58. The standard InChI is InChI=1S/C11H18N4O2S/c16-18(17)8-2-4-14(18)7-6-13-9-11(10-13)15-5-1-3-12-15/h1,3,5,11H,2,4,6-10H2. The Morgan fingerprint density at radius 1 is 1.28 bits per heavy atom. The van der Waals surface area contributed by atoms with E-state index in [0.717, 1.165) is 26.1 Å². The highest BCUT2D eigenvalue weighted by molar-refractivity contribution is 7.89. The van der Waals surface area contributed by atoms with Gasteiger partial charge in [-0.15, -0.1) is 0 Å². The summed E-state index contributed by atoms with van der Waals surface area (Å²) in [6.07, 6.45) is 4.55. The average molecular weight is 270 g/mol. The molecule has 1 aromatic rings. The molecule has 7 heteroatoms. The first-order chi connectivity index (χ1) is 8.65. The van der Waals surface area contributed by atoms with E-state index in [-0.39, 0.29) is 0 Å². The number of likely N-dealkylation sites (tertiary alicyclic amines) is 1. The Balaban J connectivity index is 1.44. The summed E-state index contributed by atoms with van der Waals surface area (Å²) >= 11 is 0. The Labute approximate surface area is 107 Å². The van der Waals surface area contributed by atoms with Gasteiger partial charge in [0.25, 0.3) is 0 Å². The van der Waals surface area contributed by atoms with Crippen molar-refractivity contribution < 1.29 is 8.42 Å². The van der Waals surface area contributed by atoms with Gasteiger partial charge in [0.15, 0.2) is 0 Å². The van der Waals surface area contributed by atoms with E-state index in [9.17, 15) is 8.42 Å². The molecule has 0 bridgehead atoms. The molecular formula is C11H18N4O2S. The zero-order valence-corrected chi connectivity index (χ0v) is 11.1. The van der Waals surface area contributed by atoms with Gasteiger partial charge in [-0.2, -0.15) is 5.10 Å². The molecular weight excluding hydrogens is 252 g/mol. The van der Waals surface area contributed by atoms with Crippen LogP contribution in [0.25, 0.3) is 0 Å². The van der Waals surface area contributed by atoms with Gasteiger partial charge in [0, 0.05) is 45.1 Å². The molecule has 0 spiro atoms. The molecule has 1 aromatic heterocycles. The number of hydrogen-bond donors (Lipinski definition) is 0. The number of nitrogens with zero attached hydrogens (tertiary/aromatic N) is 4. The molecule has 2 aliphatic heterocycles. The lowest BCUT2D eigenvalue weighted by Gasteiger charge is -2.39. The summed E-state index contributed by atoms with van der Waals surface area (Å²) in [5.74, 6) is 0.322. The number of aromatic nitrogens is 2. The summed E-state index contributed by atoms with van der Waals surface area (Å²) in [5.41, 5.74) is 0. The largest absolute Gasteiger partial charge is 0.298 e. The van der Waals surface area contributed by atoms with Crippen molar-refractivity contribution >= 4 is 10.0 Å². The van der Waals surface area contributed by atoms with Crippen LogP contribution in [-0.2, 0) is 10.0 Å². The monoisotopic (exact) mass is 270 g/mol. The summed E-state index contributed by atoms with van der Waals surface area (Å²) < 4.78 is 26.8. The molecule has 0 N–H and O–H groups in total. The second-order valence-corrected chi connectivity index (χ2v) is 7.06. The van der Waals surface area contributed by atoms with E-state index < -0.39 is 10.0 Å². The highest BCUT2D eigenvalue weighted by Gasteiger charge is 2.31. The molecule has 3 rings (SSSR count). The summed E-state index contributed by atoms with van der Waals surface area (Å²) in [6.45, 7) is 4.09. The van der Waals surface area contributed by atoms with Gasteiger partial charge >= 0.3 is 0 Å². The first kappa shape index (κ1) is 12.1. The highest BCUT2D eigenvalue weighted by atomic mass is 32.2. The molecule has 0 unspecified atom stereocenters. The number of hydrogen-bond acceptors (Lipinski definition) is 4. The quantitative estimate of drug-likeness (QED) is 0.759. The molecule has 0 radical (unpaired) electrons. The normalized spacial score (nSPS) is 25.3. The predicted octanol–water partition coefficient (Wildman–Crippen LogP) is -0.225. The second-order valence-electron chi connectivity index (χ2n) is 4.97. The summed E-state index contributed by atoms with van der Waals surface area (Å²) in [5, 5.41) is 4.22. The fraction of sp³-hybridized carbons (Fsp3) is 0.727. The van der Waals surface area contributed by atoms with Crippen molar-refractivity contribution in [2.45, 2.75) is 12.5 Å². The number of sulfonamides is 1. The molecule has 0 atom stereocenters. The first-order valence-corrected chi connectivity index (χ1v) is 7.95. The van der Waals surface area contributed by atoms with Crippen molar-refractivity contribution in [3.8, 4) is 0 Å². The third kappa shape index (κ3) is 2.30. The van der Waals surface area contributed by atoms with E-state index in [1.807, 2.05) is 16.9 Å². The van der Waals surface area contributed by atoms with Gasteiger partial charge in [-0.05, 0) is 12.5 Å². The second kappa shape index (κ2) is 4.64. The average Bonchev–Trinajstić information content (AvgIpc) is 2.86. The van der Waals surface area contributed by atoms with Gasteiger partial charge in [-0.25, -0.2) is 12.7 Å². The van der Waals surface area contributed by atoms with Crippen LogP contribution in [0.15, 0.2) is 18.5 Å². The van der Waals surface area contributed by atoms with E-state index in [0.29, 0.717) is 24.9 Å². The summed E-state index contributed by atoms with van der Waals surface area (Å²) in [7, 11) is -2.93. The van der Waals surface area contributed by atoms with E-state index in [1.54, 1.807) is 10.5 Å². The van der Waals surface area contributed by atoms with Crippen LogP contribution in [0.2, 0.25) is 0 Å². The Bertz CT molecular complexity index is 493. The maximum atomic E-state index is 11.6. The topological polar surface area (TPSA) is 58.4 Å². The lowest BCUT2D eigenvalue weighted by Crippen LogP contribution is -2.50. The maximum absolute atomic E-state index is 11.6. The molecule has 0 amide bonds. The van der Waals surface area contributed by atoms with Gasteiger partial charge in [0.2, 0.25) is 10.0 Å². The Hall–Kier alpha value is -0.920. The molecule has 18 heavy (non-hydrogen) atoms. The van der Waals surface area contributed by atoms with Crippen molar-refractivity contribution in [1.29, 1.82) is 0 Å². The fourth-order valence-corrected chi connectivity index (χ4v) is 4.10. The van der Waals surface area contributed by atoms with Crippen LogP contribution >= 0.6 is 0 Å². The van der Waals surface area contributed by atoms with Gasteiger partial charge in [0.1, 0.15) is 0 Å². The number of rotatable bonds is 4. The van der Waals surface area contributed by atoms with E-state index in [4.69, 9.17) is 0 Å². The van der Waals surface area contributed by atoms with Crippen LogP contribution in [0.5, 0.6) is 0 Å². The van der Waals surface area contributed by atoms with Crippen molar-refractivity contribution in [2.24, 2.45) is 0 Å². The minimum atomic E-state index is -2.93. The third-order valence-electron chi connectivity index (χ3n) is 3.71. The van der Waals surface area contributed by atoms with E-state index in [2.05, 4.69) is 10.00 Å². The van der Waals surface area contributed by atoms with Crippen LogP contribution in [0.3, 0.4) is 0 Å². The summed E-state index contributed by atoms with van der Waals surface area (Å²) in [6, 6.07) is 2.38. The zero-order chi connectivity index (χ0) is 12.6.